The molecule has 2 aromatic rings. The average molecular weight is 234 g/mol. The number of nitrogens with two attached hydrogens (primary N) is 1. The summed E-state index contributed by atoms with van der Waals surface area (Å²) in [7, 11) is 1.86. The van der Waals surface area contributed by atoms with Crippen LogP contribution in [0.1, 0.15) is 18.5 Å². The molecule has 0 aliphatic carbocycles. The minimum absolute atomic E-state index is 0.115. The molecule has 0 fully saturated rings. The minimum atomic E-state index is -0.214. The van der Waals surface area contributed by atoms with Crippen LogP contribution in [0.3, 0.4) is 0 Å². The molecule has 90 valence electrons. The molecule has 0 saturated heterocycles. The highest BCUT2D eigenvalue weighted by molar-refractivity contribution is 5.62. The summed E-state index contributed by atoms with van der Waals surface area (Å²) in [6.45, 7) is 1.92. The summed E-state index contributed by atoms with van der Waals surface area (Å²) < 4.78 is 13.7. The number of hydrogen-bond donors (Lipinski definition) is 2. The fourth-order valence-electron chi connectivity index (χ4n) is 1.80. The summed E-state index contributed by atoms with van der Waals surface area (Å²) >= 11 is 0. The summed E-state index contributed by atoms with van der Waals surface area (Å²) in [5.41, 5.74) is 7.14. The van der Waals surface area contributed by atoms with Crippen molar-refractivity contribution >= 4 is 11.5 Å². The van der Waals surface area contributed by atoms with Crippen molar-refractivity contribution in [2.24, 2.45) is 0 Å². The van der Waals surface area contributed by atoms with Gasteiger partial charge in [-0.25, -0.2) is 4.39 Å². The van der Waals surface area contributed by atoms with Crippen molar-refractivity contribution in [2.75, 3.05) is 17.7 Å². The molecule has 0 spiro atoms. The van der Waals surface area contributed by atoms with Gasteiger partial charge < -0.3 is 10.6 Å². The van der Waals surface area contributed by atoms with Gasteiger partial charge in [0.05, 0.1) is 17.9 Å². The number of nitrogens with one attached hydrogen (secondary N) is 1. The van der Waals surface area contributed by atoms with Gasteiger partial charge in [-0.15, -0.1) is 0 Å². The third kappa shape index (κ3) is 2.08. The number of rotatable bonds is 3. The molecule has 3 N–H and O–H groups in total. The van der Waals surface area contributed by atoms with Gasteiger partial charge in [-0.1, -0.05) is 18.2 Å². The summed E-state index contributed by atoms with van der Waals surface area (Å²) in [6, 6.07) is 6.61. The molecule has 2 rings (SSSR count). The van der Waals surface area contributed by atoms with Gasteiger partial charge in [0, 0.05) is 12.6 Å². The fourth-order valence-corrected chi connectivity index (χ4v) is 1.80. The zero-order chi connectivity index (χ0) is 12.4. The number of anilines is 2. The van der Waals surface area contributed by atoms with E-state index in [9.17, 15) is 4.39 Å². The Kier molecular flexibility index (Phi) is 2.99. The second kappa shape index (κ2) is 4.45. The monoisotopic (exact) mass is 234 g/mol. The molecule has 5 heteroatoms. The highest BCUT2D eigenvalue weighted by Gasteiger charge is 2.18. The molecule has 1 aromatic heterocycles. The molecule has 1 heterocycles. The Balaban J connectivity index is 2.30. The third-order valence-corrected chi connectivity index (χ3v) is 2.96. The maximum absolute atomic E-state index is 13.7. The SMILES string of the molecule is CC(c1ccccc1F)N(C)c1cn[nH]c1N. The number of nitrogens with zero attached hydrogens (tertiary/aromatic N) is 2. The van der Waals surface area contributed by atoms with E-state index < -0.39 is 0 Å². The second-order valence-electron chi connectivity index (χ2n) is 3.98. The van der Waals surface area contributed by atoms with Gasteiger partial charge in [-0.3, -0.25) is 5.10 Å². The molecule has 0 radical (unpaired) electrons. The largest absolute Gasteiger partial charge is 0.382 e. The summed E-state index contributed by atoms with van der Waals surface area (Å²) in [4.78, 5) is 1.89. The first-order valence-electron chi connectivity index (χ1n) is 5.37. The van der Waals surface area contributed by atoms with Gasteiger partial charge in [0.2, 0.25) is 0 Å². The van der Waals surface area contributed by atoms with Crippen LogP contribution < -0.4 is 10.6 Å². The van der Waals surface area contributed by atoms with E-state index in [1.54, 1.807) is 18.3 Å². The molecule has 1 unspecified atom stereocenters. The molecule has 0 aliphatic heterocycles. The summed E-state index contributed by atoms with van der Waals surface area (Å²) in [5, 5.41) is 6.52. The first-order chi connectivity index (χ1) is 8.11. The average Bonchev–Trinajstić information content (AvgIpc) is 2.74. The van der Waals surface area contributed by atoms with Crippen molar-refractivity contribution in [3.05, 3.63) is 41.8 Å². The van der Waals surface area contributed by atoms with Crippen LogP contribution in [0, 0.1) is 5.82 Å². The van der Waals surface area contributed by atoms with Crippen LogP contribution in [0.5, 0.6) is 0 Å². The Hall–Kier alpha value is -2.04. The first kappa shape index (κ1) is 11.4. The lowest BCUT2D eigenvalue weighted by Gasteiger charge is -2.26. The van der Waals surface area contributed by atoms with Gasteiger partial charge in [0.1, 0.15) is 11.6 Å². The first-order valence-corrected chi connectivity index (χ1v) is 5.37. The molecule has 4 nitrogen and oxygen atoms in total. The summed E-state index contributed by atoms with van der Waals surface area (Å²) in [6.07, 6.45) is 1.63. The molecule has 0 aliphatic rings. The van der Waals surface area contributed by atoms with E-state index in [1.807, 2.05) is 24.9 Å². The Morgan fingerprint density at radius 3 is 2.71 bits per heavy atom. The molecule has 1 atom stereocenters. The number of aromatic amines is 1. The Morgan fingerprint density at radius 2 is 2.12 bits per heavy atom. The number of hydrogen-bond acceptors (Lipinski definition) is 3. The fraction of sp³-hybridized carbons (Fsp3) is 0.250. The van der Waals surface area contributed by atoms with Crippen molar-refractivity contribution < 1.29 is 4.39 Å². The molecule has 1 aromatic carbocycles. The van der Waals surface area contributed by atoms with Crippen LogP contribution in [0.25, 0.3) is 0 Å². The lowest BCUT2D eigenvalue weighted by Crippen LogP contribution is -2.22. The topological polar surface area (TPSA) is 57.9 Å². The smallest absolute Gasteiger partial charge is 0.142 e. The van der Waals surface area contributed by atoms with Gasteiger partial charge in [0.15, 0.2) is 0 Å². The third-order valence-electron chi connectivity index (χ3n) is 2.96. The van der Waals surface area contributed by atoms with Crippen molar-refractivity contribution in [2.45, 2.75) is 13.0 Å². The van der Waals surface area contributed by atoms with Crippen molar-refractivity contribution in [1.29, 1.82) is 0 Å². The predicted molar refractivity (Wildman–Crippen MR) is 66.2 cm³/mol. The van der Waals surface area contributed by atoms with Crippen LogP contribution in [-0.2, 0) is 0 Å². The molecular weight excluding hydrogens is 219 g/mol. The maximum atomic E-state index is 13.7. The highest BCUT2D eigenvalue weighted by atomic mass is 19.1. The van der Waals surface area contributed by atoms with Crippen molar-refractivity contribution in [1.82, 2.24) is 10.2 Å². The van der Waals surface area contributed by atoms with Gasteiger partial charge in [-0.2, -0.15) is 5.10 Å². The van der Waals surface area contributed by atoms with E-state index in [4.69, 9.17) is 5.73 Å². The van der Waals surface area contributed by atoms with E-state index in [0.717, 1.165) is 5.69 Å². The van der Waals surface area contributed by atoms with Gasteiger partial charge >= 0.3 is 0 Å². The number of benzene rings is 1. The van der Waals surface area contributed by atoms with Crippen molar-refractivity contribution in [3.63, 3.8) is 0 Å². The van der Waals surface area contributed by atoms with E-state index in [0.29, 0.717) is 11.4 Å². The molecule has 17 heavy (non-hydrogen) atoms. The Morgan fingerprint density at radius 1 is 1.41 bits per heavy atom. The number of aromatic nitrogens is 2. The normalized spacial score (nSPS) is 12.4. The van der Waals surface area contributed by atoms with E-state index in [2.05, 4.69) is 10.2 Å². The zero-order valence-electron chi connectivity index (χ0n) is 9.81. The van der Waals surface area contributed by atoms with E-state index in [-0.39, 0.29) is 11.9 Å². The second-order valence-corrected chi connectivity index (χ2v) is 3.98. The molecule has 0 bridgehead atoms. The molecule has 0 amide bonds. The Labute approximate surface area is 99.2 Å². The highest BCUT2D eigenvalue weighted by Crippen LogP contribution is 2.29. The van der Waals surface area contributed by atoms with Gasteiger partial charge in [0.25, 0.3) is 0 Å². The number of halogens is 1. The van der Waals surface area contributed by atoms with Gasteiger partial charge in [-0.05, 0) is 13.0 Å². The van der Waals surface area contributed by atoms with Crippen LogP contribution >= 0.6 is 0 Å². The standard InChI is InChI=1S/C12H15FN4/c1-8(9-5-3-4-6-10(9)13)17(2)11-7-15-16-12(11)14/h3-8H,1-2H3,(H3,14,15,16). The molecule has 0 saturated carbocycles. The Bertz CT molecular complexity index is 509. The zero-order valence-corrected chi connectivity index (χ0v) is 9.81. The molecular formula is C12H15FN4. The predicted octanol–water partition coefficient (Wildman–Crippen LogP) is 2.33. The number of nitrogen functional groups attached to an aromatic ring is 1. The van der Waals surface area contributed by atoms with Crippen LogP contribution in [0.4, 0.5) is 15.9 Å². The van der Waals surface area contributed by atoms with Crippen molar-refractivity contribution in [3.8, 4) is 0 Å². The van der Waals surface area contributed by atoms with E-state index >= 15 is 0 Å². The minimum Gasteiger partial charge on any atom is -0.382 e. The lowest BCUT2D eigenvalue weighted by atomic mass is 10.1. The lowest BCUT2D eigenvalue weighted by molar-refractivity contribution is 0.585. The maximum Gasteiger partial charge on any atom is 0.142 e. The van der Waals surface area contributed by atoms with Crippen LogP contribution in [-0.4, -0.2) is 17.2 Å². The quantitative estimate of drug-likeness (QED) is 0.857. The van der Waals surface area contributed by atoms with Crippen LogP contribution in [0.15, 0.2) is 30.5 Å². The van der Waals surface area contributed by atoms with E-state index in [1.165, 1.54) is 6.07 Å². The summed E-state index contributed by atoms with van der Waals surface area (Å²) in [5.74, 6) is 0.268. The van der Waals surface area contributed by atoms with Crippen LogP contribution in [0.2, 0.25) is 0 Å². The number of H-pyrrole nitrogens is 1.